The Morgan fingerprint density at radius 3 is 2.57 bits per heavy atom. The second kappa shape index (κ2) is 8.00. The van der Waals surface area contributed by atoms with Gasteiger partial charge in [-0.1, -0.05) is 37.6 Å². The van der Waals surface area contributed by atoms with Crippen LogP contribution in [0.2, 0.25) is 5.02 Å². The van der Waals surface area contributed by atoms with E-state index in [9.17, 15) is 14.7 Å². The topological polar surface area (TPSA) is 92.4 Å². The van der Waals surface area contributed by atoms with E-state index in [0.29, 0.717) is 11.4 Å². The first-order chi connectivity index (χ1) is 9.79. The number of rotatable bonds is 7. The maximum Gasteiger partial charge on any atom is 0.249 e. The van der Waals surface area contributed by atoms with Gasteiger partial charge < -0.3 is 16.2 Å². The molecule has 0 fully saturated rings. The maximum absolute atomic E-state index is 11.9. The van der Waals surface area contributed by atoms with Crippen molar-refractivity contribution in [1.82, 2.24) is 5.32 Å². The lowest BCUT2D eigenvalue weighted by molar-refractivity contribution is -0.133. The molecule has 116 valence electrons. The highest BCUT2D eigenvalue weighted by Crippen LogP contribution is 2.12. The molecule has 21 heavy (non-hydrogen) atoms. The van der Waals surface area contributed by atoms with Crippen LogP contribution in [-0.2, 0) is 16.0 Å². The molecule has 1 aromatic carbocycles. The fourth-order valence-electron chi connectivity index (χ4n) is 1.94. The van der Waals surface area contributed by atoms with Gasteiger partial charge in [-0.2, -0.15) is 0 Å². The highest BCUT2D eigenvalue weighted by Gasteiger charge is 2.23. The Morgan fingerprint density at radius 1 is 1.38 bits per heavy atom. The number of carbonyl (C=O) groups is 2. The maximum atomic E-state index is 11.9. The van der Waals surface area contributed by atoms with Crippen LogP contribution in [0.1, 0.15) is 25.8 Å². The summed E-state index contributed by atoms with van der Waals surface area (Å²) >= 11 is 5.88. The molecule has 1 rings (SSSR count). The van der Waals surface area contributed by atoms with E-state index in [4.69, 9.17) is 17.3 Å². The highest BCUT2D eigenvalue weighted by atomic mass is 35.5. The minimum atomic E-state index is -1.15. The molecule has 0 spiro atoms. The number of primary amides is 1. The first kappa shape index (κ1) is 17.5. The summed E-state index contributed by atoms with van der Waals surface area (Å²) in [6.45, 7) is 3.79. The zero-order valence-electron chi connectivity index (χ0n) is 12.2. The fraction of sp³-hybridized carbons (Fsp3) is 0.467. The Labute approximate surface area is 129 Å². The van der Waals surface area contributed by atoms with Crippen molar-refractivity contribution in [1.29, 1.82) is 0 Å². The third-order valence-corrected chi connectivity index (χ3v) is 3.22. The molecule has 0 unspecified atom stereocenters. The molecule has 0 bridgehead atoms. The Morgan fingerprint density at radius 2 is 2.05 bits per heavy atom. The van der Waals surface area contributed by atoms with Crippen LogP contribution in [0, 0.1) is 5.92 Å². The summed E-state index contributed by atoms with van der Waals surface area (Å²) in [6, 6.07) is 6.09. The van der Waals surface area contributed by atoms with Crippen molar-refractivity contribution in [3.8, 4) is 0 Å². The first-order valence-corrected chi connectivity index (χ1v) is 7.19. The van der Waals surface area contributed by atoms with Gasteiger partial charge in [-0.3, -0.25) is 9.59 Å². The third-order valence-electron chi connectivity index (χ3n) is 2.99. The van der Waals surface area contributed by atoms with E-state index in [-0.39, 0.29) is 12.3 Å². The molecular weight excluding hydrogens is 292 g/mol. The van der Waals surface area contributed by atoms with E-state index < -0.39 is 24.0 Å². The van der Waals surface area contributed by atoms with Gasteiger partial charge in [0.1, 0.15) is 12.1 Å². The van der Waals surface area contributed by atoms with E-state index in [1.807, 2.05) is 13.8 Å². The standard InChI is InChI=1S/C15H21ClN2O3/c1-9(2)6-13(19)15(21)18-12(14(17)20)8-10-4-3-5-11(16)7-10/h3-5,7,9,12-13,19H,6,8H2,1-2H3,(H2,17,20)(H,18,21)/t12-,13-/m1/s1. The van der Waals surface area contributed by atoms with Crippen LogP contribution >= 0.6 is 11.6 Å². The molecule has 0 saturated carbocycles. The molecule has 2 amide bonds. The van der Waals surface area contributed by atoms with Gasteiger partial charge >= 0.3 is 0 Å². The average Bonchev–Trinajstić information content (AvgIpc) is 2.36. The molecule has 0 aliphatic carbocycles. The van der Waals surface area contributed by atoms with Gasteiger partial charge in [0.15, 0.2) is 0 Å². The summed E-state index contributed by atoms with van der Waals surface area (Å²) in [4.78, 5) is 23.3. The van der Waals surface area contributed by atoms with Crippen molar-refractivity contribution in [2.24, 2.45) is 11.7 Å². The zero-order chi connectivity index (χ0) is 16.0. The van der Waals surface area contributed by atoms with E-state index in [1.54, 1.807) is 24.3 Å². The van der Waals surface area contributed by atoms with Crippen molar-refractivity contribution in [3.63, 3.8) is 0 Å². The van der Waals surface area contributed by atoms with E-state index in [1.165, 1.54) is 0 Å². The summed E-state index contributed by atoms with van der Waals surface area (Å²) in [6.07, 6.45) is -0.587. The molecular formula is C15H21ClN2O3. The Balaban J connectivity index is 2.70. The minimum absolute atomic E-state index is 0.172. The Hall–Kier alpha value is -1.59. The van der Waals surface area contributed by atoms with Crippen LogP contribution in [-0.4, -0.2) is 29.1 Å². The van der Waals surface area contributed by atoms with E-state index >= 15 is 0 Å². The van der Waals surface area contributed by atoms with Gasteiger partial charge in [0, 0.05) is 11.4 Å². The number of nitrogens with one attached hydrogen (secondary N) is 1. The van der Waals surface area contributed by atoms with Gasteiger partial charge in [0.05, 0.1) is 0 Å². The summed E-state index contributed by atoms with van der Waals surface area (Å²) < 4.78 is 0. The molecule has 1 aromatic rings. The van der Waals surface area contributed by atoms with Crippen molar-refractivity contribution in [3.05, 3.63) is 34.9 Å². The molecule has 0 saturated heterocycles. The number of carbonyl (C=O) groups excluding carboxylic acids is 2. The Kier molecular flexibility index (Phi) is 6.65. The van der Waals surface area contributed by atoms with Gasteiger partial charge in [-0.15, -0.1) is 0 Å². The van der Waals surface area contributed by atoms with Crippen LogP contribution in [0.5, 0.6) is 0 Å². The van der Waals surface area contributed by atoms with Crippen molar-refractivity contribution >= 4 is 23.4 Å². The van der Waals surface area contributed by atoms with Crippen molar-refractivity contribution in [2.75, 3.05) is 0 Å². The zero-order valence-corrected chi connectivity index (χ0v) is 12.9. The molecule has 4 N–H and O–H groups in total. The smallest absolute Gasteiger partial charge is 0.249 e. The van der Waals surface area contributed by atoms with Crippen LogP contribution in [0.15, 0.2) is 24.3 Å². The predicted octanol–water partition coefficient (Wildman–Crippen LogP) is 1.26. The molecule has 0 heterocycles. The number of hydrogen-bond acceptors (Lipinski definition) is 3. The molecule has 0 radical (unpaired) electrons. The summed E-state index contributed by atoms with van der Waals surface area (Å²) in [5.74, 6) is -1.07. The summed E-state index contributed by atoms with van der Waals surface area (Å²) in [7, 11) is 0. The largest absolute Gasteiger partial charge is 0.383 e. The molecule has 5 nitrogen and oxygen atoms in total. The summed E-state index contributed by atoms with van der Waals surface area (Å²) in [5, 5.41) is 12.8. The SMILES string of the molecule is CC(C)C[C@@H](O)C(=O)N[C@H](Cc1cccc(Cl)c1)C(N)=O. The second-order valence-electron chi connectivity index (χ2n) is 5.44. The van der Waals surface area contributed by atoms with E-state index in [2.05, 4.69) is 5.32 Å². The van der Waals surface area contributed by atoms with Crippen LogP contribution in [0.25, 0.3) is 0 Å². The summed E-state index contributed by atoms with van der Waals surface area (Å²) in [5.41, 5.74) is 6.09. The van der Waals surface area contributed by atoms with Crippen molar-refractivity contribution in [2.45, 2.75) is 38.8 Å². The van der Waals surface area contributed by atoms with Crippen LogP contribution < -0.4 is 11.1 Å². The Bertz CT molecular complexity index is 505. The lowest BCUT2D eigenvalue weighted by Crippen LogP contribution is -2.49. The van der Waals surface area contributed by atoms with Gasteiger partial charge in [0.25, 0.3) is 0 Å². The molecule has 0 aliphatic heterocycles. The lowest BCUT2D eigenvalue weighted by atomic mass is 10.0. The van der Waals surface area contributed by atoms with E-state index in [0.717, 1.165) is 5.56 Å². The molecule has 6 heteroatoms. The van der Waals surface area contributed by atoms with Gasteiger partial charge in [-0.05, 0) is 30.0 Å². The number of aliphatic hydroxyl groups is 1. The first-order valence-electron chi connectivity index (χ1n) is 6.81. The highest BCUT2D eigenvalue weighted by molar-refractivity contribution is 6.30. The quantitative estimate of drug-likeness (QED) is 0.707. The minimum Gasteiger partial charge on any atom is -0.383 e. The number of nitrogens with two attached hydrogens (primary N) is 1. The van der Waals surface area contributed by atoms with Gasteiger partial charge in [-0.25, -0.2) is 0 Å². The predicted molar refractivity (Wildman–Crippen MR) is 81.7 cm³/mol. The number of aliphatic hydroxyl groups excluding tert-OH is 1. The van der Waals surface area contributed by atoms with Gasteiger partial charge in [0.2, 0.25) is 11.8 Å². The average molecular weight is 313 g/mol. The van der Waals surface area contributed by atoms with Crippen molar-refractivity contribution < 1.29 is 14.7 Å². The third kappa shape index (κ3) is 6.14. The van der Waals surface area contributed by atoms with Crippen LogP contribution in [0.4, 0.5) is 0 Å². The number of hydrogen-bond donors (Lipinski definition) is 3. The van der Waals surface area contributed by atoms with Crippen LogP contribution in [0.3, 0.4) is 0 Å². The monoisotopic (exact) mass is 312 g/mol. The molecule has 0 aromatic heterocycles. The number of halogens is 1. The molecule has 2 atom stereocenters. The normalized spacial score (nSPS) is 13.8. The lowest BCUT2D eigenvalue weighted by Gasteiger charge is -2.19. The molecule has 0 aliphatic rings. The fourth-order valence-corrected chi connectivity index (χ4v) is 2.16. The number of amides is 2. The number of benzene rings is 1. The second-order valence-corrected chi connectivity index (χ2v) is 5.88.